The minimum Gasteiger partial charge on any atom is -0.313 e. The smallest absolute Gasteiger partial charge is 0.237 e. The first-order chi connectivity index (χ1) is 8.76. The highest BCUT2D eigenvalue weighted by Gasteiger charge is 2.28. The van der Waals surface area contributed by atoms with Crippen LogP contribution in [-0.4, -0.2) is 19.7 Å². The summed E-state index contributed by atoms with van der Waals surface area (Å²) < 4.78 is 26.0. The zero-order valence-corrected chi connectivity index (χ0v) is 13.0. The molecule has 0 heterocycles. The van der Waals surface area contributed by atoms with Crippen LogP contribution in [-0.2, 0) is 16.6 Å². The Hall–Kier alpha value is -1.07. The Morgan fingerprint density at radius 1 is 1.21 bits per heavy atom. The molecule has 0 amide bonds. The van der Waals surface area contributed by atoms with Gasteiger partial charge in [-0.15, -0.1) is 0 Å². The van der Waals surface area contributed by atoms with Gasteiger partial charge < -0.3 is 5.32 Å². The van der Waals surface area contributed by atoms with Gasteiger partial charge in [-0.3, -0.25) is 4.72 Å². The molecule has 4 nitrogen and oxygen atoms in total. The molecule has 2 N–H and O–H groups in total. The molecule has 0 aliphatic carbocycles. The largest absolute Gasteiger partial charge is 0.313 e. The molecule has 1 rings (SSSR count). The monoisotopic (exact) mass is 284 g/mol. The summed E-state index contributed by atoms with van der Waals surface area (Å²) in [5, 5.41) is 3.29. The van der Waals surface area contributed by atoms with E-state index < -0.39 is 14.8 Å². The first-order valence-corrected chi connectivity index (χ1v) is 8.06. The van der Waals surface area contributed by atoms with Crippen molar-refractivity contribution in [3.05, 3.63) is 29.8 Å². The summed E-state index contributed by atoms with van der Waals surface area (Å²) >= 11 is 0. The van der Waals surface area contributed by atoms with Crippen molar-refractivity contribution in [1.82, 2.24) is 5.32 Å². The van der Waals surface area contributed by atoms with Crippen LogP contribution in [0, 0.1) is 0 Å². The summed E-state index contributed by atoms with van der Waals surface area (Å²) in [6.45, 7) is 8.86. The second kappa shape index (κ2) is 6.39. The number of anilines is 1. The lowest BCUT2D eigenvalue weighted by atomic mass is 10.2. The van der Waals surface area contributed by atoms with Gasteiger partial charge in [-0.2, -0.15) is 0 Å². The maximum Gasteiger partial charge on any atom is 0.237 e. The Kier molecular flexibility index (Phi) is 5.38. The zero-order chi connectivity index (χ0) is 14.5. The molecule has 19 heavy (non-hydrogen) atoms. The Morgan fingerprint density at radius 2 is 1.89 bits per heavy atom. The van der Waals surface area contributed by atoms with Crippen LogP contribution < -0.4 is 10.0 Å². The van der Waals surface area contributed by atoms with Crippen molar-refractivity contribution in [2.24, 2.45) is 0 Å². The molecule has 0 aliphatic rings. The van der Waals surface area contributed by atoms with E-state index in [0.717, 1.165) is 25.1 Å². The quantitative estimate of drug-likeness (QED) is 0.790. The minimum absolute atomic E-state index is 0.616. The number of rotatable bonds is 6. The molecule has 0 aliphatic heterocycles. The number of hydrogen-bond acceptors (Lipinski definition) is 3. The van der Waals surface area contributed by atoms with Crippen LogP contribution in [0.5, 0.6) is 0 Å². The molecule has 0 spiro atoms. The molecule has 5 heteroatoms. The van der Waals surface area contributed by atoms with E-state index in [1.807, 2.05) is 18.2 Å². The van der Waals surface area contributed by atoms with Crippen molar-refractivity contribution >= 4 is 15.7 Å². The highest BCUT2D eigenvalue weighted by Crippen LogP contribution is 2.20. The van der Waals surface area contributed by atoms with Crippen molar-refractivity contribution in [3.8, 4) is 0 Å². The van der Waals surface area contributed by atoms with E-state index in [0.29, 0.717) is 5.69 Å². The molecule has 108 valence electrons. The highest BCUT2D eigenvalue weighted by molar-refractivity contribution is 7.94. The molecule has 0 radical (unpaired) electrons. The molecule has 0 atom stereocenters. The summed E-state index contributed by atoms with van der Waals surface area (Å²) in [7, 11) is -3.36. The van der Waals surface area contributed by atoms with E-state index in [1.54, 1.807) is 26.8 Å². The molecule has 0 fully saturated rings. The lowest BCUT2D eigenvalue weighted by Gasteiger charge is -2.20. The fraction of sp³-hybridized carbons (Fsp3) is 0.571. The summed E-state index contributed by atoms with van der Waals surface area (Å²) in [6, 6.07) is 7.49. The maximum atomic E-state index is 12.1. The Bertz CT molecular complexity index is 504. The normalized spacial score (nSPS) is 12.4. The SMILES string of the molecule is CCCNCc1cccc(NS(=O)(=O)C(C)(C)C)c1. The van der Waals surface area contributed by atoms with Gasteiger partial charge in [0, 0.05) is 12.2 Å². The van der Waals surface area contributed by atoms with Crippen LogP contribution in [0.15, 0.2) is 24.3 Å². The molecule has 0 bridgehead atoms. The zero-order valence-electron chi connectivity index (χ0n) is 12.2. The van der Waals surface area contributed by atoms with Gasteiger partial charge in [-0.05, 0) is 51.4 Å². The third kappa shape index (κ3) is 4.84. The molecular weight excluding hydrogens is 260 g/mol. The van der Waals surface area contributed by atoms with Crippen molar-refractivity contribution < 1.29 is 8.42 Å². The molecule has 0 saturated carbocycles. The number of benzene rings is 1. The number of hydrogen-bond donors (Lipinski definition) is 2. The van der Waals surface area contributed by atoms with E-state index in [1.165, 1.54) is 0 Å². The Labute approximate surface area is 116 Å². The van der Waals surface area contributed by atoms with Gasteiger partial charge in [0.15, 0.2) is 0 Å². The third-order valence-electron chi connectivity index (χ3n) is 2.74. The molecule has 1 aromatic rings. The average Bonchev–Trinajstić information content (AvgIpc) is 2.27. The summed E-state index contributed by atoms with van der Waals surface area (Å²) in [4.78, 5) is 0. The highest BCUT2D eigenvalue weighted by atomic mass is 32.2. The topological polar surface area (TPSA) is 58.2 Å². The second-order valence-electron chi connectivity index (χ2n) is 5.60. The lowest BCUT2D eigenvalue weighted by Crippen LogP contribution is -2.33. The summed E-state index contributed by atoms with van der Waals surface area (Å²) in [5.41, 5.74) is 1.69. The van der Waals surface area contributed by atoms with Gasteiger partial charge in [0.1, 0.15) is 0 Å². The van der Waals surface area contributed by atoms with Crippen LogP contribution in [0.1, 0.15) is 39.7 Å². The average molecular weight is 284 g/mol. The van der Waals surface area contributed by atoms with Crippen molar-refractivity contribution in [1.29, 1.82) is 0 Å². The molecule has 1 aromatic carbocycles. The third-order valence-corrected chi connectivity index (χ3v) is 4.86. The van der Waals surface area contributed by atoms with Gasteiger partial charge in [-0.25, -0.2) is 8.42 Å². The first-order valence-electron chi connectivity index (χ1n) is 6.58. The van der Waals surface area contributed by atoms with Crippen LogP contribution in [0.4, 0.5) is 5.69 Å². The van der Waals surface area contributed by atoms with Crippen molar-refractivity contribution in [3.63, 3.8) is 0 Å². The predicted molar refractivity (Wildman–Crippen MR) is 80.7 cm³/mol. The van der Waals surface area contributed by atoms with Gasteiger partial charge in [0.05, 0.1) is 4.75 Å². The van der Waals surface area contributed by atoms with E-state index in [-0.39, 0.29) is 0 Å². The fourth-order valence-electron chi connectivity index (χ4n) is 1.46. The van der Waals surface area contributed by atoms with E-state index in [4.69, 9.17) is 0 Å². The van der Waals surface area contributed by atoms with E-state index in [2.05, 4.69) is 17.0 Å². The van der Waals surface area contributed by atoms with Crippen LogP contribution in [0.2, 0.25) is 0 Å². The van der Waals surface area contributed by atoms with E-state index >= 15 is 0 Å². The summed E-state index contributed by atoms with van der Waals surface area (Å²) in [6.07, 6.45) is 1.08. The summed E-state index contributed by atoms with van der Waals surface area (Å²) in [5.74, 6) is 0. The van der Waals surface area contributed by atoms with E-state index in [9.17, 15) is 8.42 Å². The molecule has 0 unspecified atom stereocenters. The van der Waals surface area contributed by atoms with Gasteiger partial charge in [-0.1, -0.05) is 19.1 Å². The molecule has 0 aromatic heterocycles. The maximum absolute atomic E-state index is 12.1. The first kappa shape index (κ1) is 16.0. The minimum atomic E-state index is -3.36. The lowest BCUT2D eigenvalue weighted by molar-refractivity contribution is 0.566. The standard InChI is InChI=1S/C14H24N2O2S/c1-5-9-15-11-12-7-6-8-13(10-12)16-19(17,18)14(2,3)4/h6-8,10,15-16H,5,9,11H2,1-4H3. The van der Waals surface area contributed by atoms with Crippen molar-refractivity contribution in [2.45, 2.75) is 45.4 Å². The number of nitrogens with one attached hydrogen (secondary N) is 2. The van der Waals surface area contributed by atoms with Gasteiger partial charge in [0.25, 0.3) is 0 Å². The molecule has 0 saturated heterocycles. The van der Waals surface area contributed by atoms with Crippen LogP contribution in [0.3, 0.4) is 0 Å². The number of sulfonamides is 1. The molecular formula is C14H24N2O2S. The van der Waals surface area contributed by atoms with Crippen LogP contribution in [0.25, 0.3) is 0 Å². The second-order valence-corrected chi connectivity index (χ2v) is 8.03. The van der Waals surface area contributed by atoms with Crippen molar-refractivity contribution in [2.75, 3.05) is 11.3 Å². The van der Waals surface area contributed by atoms with Crippen LogP contribution >= 0.6 is 0 Å². The Morgan fingerprint density at radius 3 is 2.47 bits per heavy atom. The van der Waals surface area contributed by atoms with Gasteiger partial charge in [0.2, 0.25) is 10.0 Å². The fourth-order valence-corrected chi connectivity index (χ4v) is 2.21. The Balaban J connectivity index is 2.78. The van der Waals surface area contributed by atoms with Gasteiger partial charge >= 0.3 is 0 Å². The predicted octanol–water partition coefficient (Wildman–Crippen LogP) is 2.73.